The minimum absolute atomic E-state index is 0.0589. The Labute approximate surface area is 149 Å². The molecule has 0 aromatic carbocycles. The zero-order chi connectivity index (χ0) is 17.4. The van der Waals surface area contributed by atoms with E-state index in [-0.39, 0.29) is 17.4 Å². The van der Waals surface area contributed by atoms with Gasteiger partial charge in [0.15, 0.2) is 0 Å². The van der Waals surface area contributed by atoms with Crippen molar-refractivity contribution in [1.29, 1.82) is 0 Å². The Morgan fingerprint density at radius 2 is 2.04 bits per heavy atom. The van der Waals surface area contributed by atoms with E-state index >= 15 is 0 Å². The van der Waals surface area contributed by atoms with E-state index in [2.05, 4.69) is 16.8 Å². The first-order valence-electron chi connectivity index (χ1n) is 9.55. The van der Waals surface area contributed by atoms with Gasteiger partial charge >= 0.3 is 0 Å². The number of likely N-dealkylation sites (tertiary alicyclic amines) is 2. The zero-order valence-corrected chi connectivity index (χ0v) is 15.0. The van der Waals surface area contributed by atoms with Crippen LogP contribution < -0.4 is 0 Å². The highest BCUT2D eigenvalue weighted by atomic mass is 16.2. The molecule has 2 amide bonds. The van der Waals surface area contributed by atoms with Crippen molar-refractivity contribution in [3.63, 3.8) is 0 Å². The summed E-state index contributed by atoms with van der Waals surface area (Å²) in [5, 5.41) is 0. The van der Waals surface area contributed by atoms with Crippen LogP contribution in [0, 0.1) is 11.8 Å². The van der Waals surface area contributed by atoms with Crippen molar-refractivity contribution in [2.24, 2.45) is 11.8 Å². The maximum atomic E-state index is 12.6. The molecule has 0 atom stereocenters. The second-order valence-electron chi connectivity index (χ2n) is 8.16. The maximum absolute atomic E-state index is 12.6. The van der Waals surface area contributed by atoms with Gasteiger partial charge < -0.3 is 9.80 Å². The van der Waals surface area contributed by atoms with Crippen LogP contribution in [0.2, 0.25) is 0 Å². The summed E-state index contributed by atoms with van der Waals surface area (Å²) in [7, 11) is 0. The van der Waals surface area contributed by atoms with E-state index in [9.17, 15) is 9.59 Å². The van der Waals surface area contributed by atoms with Crippen LogP contribution in [-0.2, 0) is 16.1 Å². The molecule has 2 saturated heterocycles. The molecule has 4 rings (SSSR count). The van der Waals surface area contributed by atoms with Crippen LogP contribution in [0.4, 0.5) is 0 Å². The highest BCUT2D eigenvalue weighted by Crippen LogP contribution is 2.41. The SMILES string of the molecule is CC1CC(C(=O)N2CCC3(CCC(=O)N3Cc3cccnc3)CC2)C1. The molecule has 5 heteroatoms. The largest absolute Gasteiger partial charge is 0.342 e. The van der Waals surface area contributed by atoms with E-state index in [1.807, 2.05) is 23.2 Å². The number of hydrogen-bond donors (Lipinski definition) is 0. The first-order valence-corrected chi connectivity index (χ1v) is 9.55. The fourth-order valence-electron chi connectivity index (χ4n) is 4.83. The number of rotatable bonds is 3. The molecule has 0 N–H and O–H groups in total. The summed E-state index contributed by atoms with van der Waals surface area (Å²) in [6.45, 7) is 4.44. The maximum Gasteiger partial charge on any atom is 0.225 e. The lowest BCUT2D eigenvalue weighted by Crippen LogP contribution is -2.55. The van der Waals surface area contributed by atoms with Crippen molar-refractivity contribution in [3.05, 3.63) is 30.1 Å². The second-order valence-corrected chi connectivity index (χ2v) is 8.16. The summed E-state index contributed by atoms with van der Waals surface area (Å²) < 4.78 is 0. The topological polar surface area (TPSA) is 53.5 Å². The minimum Gasteiger partial charge on any atom is -0.342 e. The van der Waals surface area contributed by atoms with E-state index in [1.54, 1.807) is 6.20 Å². The fourth-order valence-corrected chi connectivity index (χ4v) is 4.83. The average molecular weight is 341 g/mol. The molecule has 0 radical (unpaired) electrons. The van der Waals surface area contributed by atoms with Gasteiger partial charge in [0.25, 0.3) is 0 Å². The number of pyridine rings is 1. The Hall–Kier alpha value is -1.91. The number of hydrogen-bond acceptors (Lipinski definition) is 3. The summed E-state index contributed by atoms with van der Waals surface area (Å²) >= 11 is 0. The van der Waals surface area contributed by atoms with Gasteiger partial charge in [-0.25, -0.2) is 0 Å². The number of piperidine rings is 1. The summed E-state index contributed by atoms with van der Waals surface area (Å²) in [6.07, 6.45) is 9.08. The van der Waals surface area contributed by atoms with Crippen molar-refractivity contribution < 1.29 is 9.59 Å². The third-order valence-electron chi connectivity index (χ3n) is 6.47. The smallest absolute Gasteiger partial charge is 0.225 e. The Morgan fingerprint density at radius 3 is 2.68 bits per heavy atom. The van der Waals surface area contributed by atoms with Crippen LogP contribution in [-0.4, -0.2) is 45.2 Å². The zero-order valence-electron chi connectivity index (χ0n) is 15.0. The Balaban J connectivity index is 1.41. The monoisotopic (exact) mass is 341 g/mol. The van der Waals surface area contributed by atoms with Crippen LogP contribution in [0.15, 0.2) is 24.5 Å². The molecule has 3 fully saturated rings. The molecule has 0 bridgehead atoms. The molecule has 0 unspecified atom stereocenters. The molecule has 2 aliphatic heterocycles. The minimum atomic E-state index is -0.0589. The predicted octanol–water partition coefficient (Wildman–Crippen LogP) is 2.61. The molecule has 134 valence electrons. The number of aromatic nitrogens is 1. The molecule has 25 heavy (non-hydrogen) atoms. The molecular weight excluding hydrogens is 314 g/mol. The highest BCUT2D eigenvalue weighted by molar-refractivity contribution is 5.81. The first-order chi connectivity index (χ1) is 12.1. The lowest BCUT2D eigenvalue weighted by molar-refractivity contribution is -0.143. The quantitative estimate of drug-likeness (QED) is 0.849. The number of nitrogens with zero attached hydrogens (tertiary/aromatic N) is 3. The van der Waals surface area contributed by atoms with Crippen molar-refractivity contribution in [2.45, 2.75) is 57.5 Å². The van der Waals surface area contributed by atoms with Gasteiger partial charge in [0.1, 0.15) is 0 Å². The lowest BCUT2D eigenvalue weighted by Gasteiger charge is -2.46. The Bertz CT molecular complexity index is 646. The van der Waals surface area contributed by atoms with E-state index in [0.29, 0.717) is 24.8 Å². The van der Waals surface area contributed by atoms with Gasteiger partial charge in [-0.15, -0.1) is 0 Å². The van der Waals surface area contributed by atoms with Crippen LogP contribution in [0.1, 0.15) is 51.0 Å². The Morgan fingerprint density at radius 1 is 1.28 bits per heavy atom. The fraction of sp³-hybridized carbons (Fsp3) is 0.650. The molecule has 1 spiro atoms. The molecular formula is C20H27N3O2. The van der Waals surface area contributed by atoms with E-state index < -0.39 is 0 Å². The van der Waals surface area contributed by atoms with E-state index in [0.717, 1.165) is 50.8 Å². The average Bonchev–Trinajstić information content (AvgIpc) is 2.90. The molecule has 1 saturated carbocycles. The third-order valence-corrected chi connectivity index (χ3v) is 6.47. The van der Waals surface area contributed by atoms with Crippen LogP contribution in [0.5, 0.6) is 0 Å². The van der Waals surface area contributed by atoms with Crippen LogP contribution in [0.3, 0.4) is 0 Å². The second kappa shape index (κ2) is 6.43. The molecule has 3 aliphatic rings. The Kier molecular flexibility index (Phi) is 4.26. The molecule has 1 aromatic rings. The van der Waals surface area contributed by atoms with Crippen LogP contribution >= 0.6 is 0 Å². The van der Waals surface area contributed by atoms with Gasteiger partial charge in [0, 0.05) is 49.9 Å². The number of carbonyl (C=O) groups is 2. The van der Waals surface area contributed by atoms with Crippen molar-refractivity contribution >= 4 is 11.8 Å². The van der Waals surface area contributed by atoms with Gasteiger partial charge in [0.05, 0.1) is 0 Å². The third kappa shape index (κ3) is 3.05. The predicted molar refractivity (Wildman–Crippen MR) is 94.5 cm³/mol. The molecule has 1 aliphatic carbocycles. The summed E-state index contributed by atoms with van der Waals surface area (Å²) in [4.78, 5) is 33.4. The van der Waals surface area contributed by atoms with E-state index in [4.69, 9.17) is 0 Å². The summed E-state index contributed by atoms with van der Waals surface area (Å²) in [5.74, 6) is 1.54. The van der Waals surface area contributed by atoms with Crippen molar-refractivity contribution in [1.82, 2.24) is 14.8 Å². The van der Waals surface area contributed by atoms with Crippen molar-refractivity contribution in [3.8, 4) is 0 Å². The molecule has 5 nitrogen and oxygen atoms in total. The first kappa shape index (κ1) is 16.6. The van der Waals surface area contributed by atoms with Crippen molar-refractivity contribution in [2.75, 3.05) is 13.1 Å². The van der Waals surface area contributed by atoms with Crippen LogP contribution in [0.25, 0.3) is 0 Å². The standard InChI is InChI=1S/C20H27N3O2/c1-15-11-17(12-15)19(25)22-9-6-20(7-10-22)5-4-18(24)23(20)14-16-3-2-8-21-13-16/h2-3,8,13,15,17H,4-7,9-12,14H2,1H3. The highest BCUT2D eigenvalue weighted by Gasteiger charge is 2.48. The number of carbonyl (C=O) groups excluding carboxylic acids is 2. The summed E-state index contributed by atoms with van der Waals surface area (Å²) in [5.41, 5.74) is 1.02. The number of amides is 2. The van der Waals surface area contributed by atoms with Gasteiger partial charge in [0.2, 0.25) is 11.8 Å². The van der Waals surface area contributed by atoms with E-state index in [1.165, 1.54) is 0 Å². The normalized spacial score (nSPS) is 28.3. The molecule has 1 aromatic heterocycles. The van der Waals surface area contributed by atoms with Gasteiger partial charge in [-0.3, -0.25) is 14.6 Å². The lowest BCUT2D eigenvalue weighted by atomic mass is 9.75. The van der Waals surface area contributed by atoms with Gasteiger partial charge in [-0.1, -0.05) is 13.0 Å². The molecule has 3 heterocycles. The van der Waals surface area contributed by atoms with Gasteiger partial charge in [-0.2, -0.15) is 0 Å². The summed E-state index contributed by atoms with van der Waals surface area (Å²) in [6, 6.07) is 3.95. The van der Waals surface area contributed by atoms with Gasteiger partial charge in [-0.05, 0) is 49.7 Å².